The molecular formula is C30H34N4O3. The second-order valence-electron chi connectivity index (χ2n) is 8.92. The number of amides is 2. The first-order chi connectivity index (χ1) is 18.1. The maximum Gasteiger partial charge on any atom is 0.322 e. The number of benzene rings is 3. The number of nitrogens with zero attached hydrogens (tertiary/aromatic N) is 3. The standard InChI is InChI=1S/C30H34N4O3/c1-4-6-14-21-33(30(36)31-22-15-8-7-9-16-22)25(5-2)28-32-24-18-11-10-17-23(24)29(35)34(28)26-19-12-13-20-27(26)37-3/h7-13,15-20,25H,4-6,14,21H2,1-3H3,(H,31,36). The van der Waals surface area contributed by atoms with E-state index in [1.807, 2.05) is 84.6 Å². The van der Waals surface area contributed by atoms with Gasteiger partial charge in [-0.05, 0) is 49.2 Å². The highest BCUT2D eigenvalue weighted by atomic mass is 16.5. The number of para-hydroxylation sites is 4. The molecule has 0 aliphatic carbocycles. The van der Waals surface area contributed by atoms with E-state index in [2.05, 4.69) is 12.2 Å². The van der Waals surface area contributed by atoms with E-state index in [4.69, 9.17) is 9.72 Å². The number of carbonyl (C=O) groups is 1. The van der Waals surface area contributed by atoms with Crippen LogP contribution in [-0.2, 0) is 0 Å². The normalized spacial score (nSPS) is 11.8. The van der Waals surface area contributed by atoms with Crippen LogP contribution in [0.5, 0.6) is 5.75 Å². The maximum absolute atomic E-state index is 13.9. The predicted octanol–water partition coefficient (Wildman–Crippen LogP) is 6.57. The summed E-state index contributed by atoms with van der Waals surface area (Å²) in [6, 6.07) is 23.5. The third-order valence-corrected chi connectivity index (χ3v) is 6.48. The molecule has 192 valence electrons. The van der Waals surface area contributed by atoms with Gasteiger partial charge in [-0.1, -0.05) is 69.2 Å². The lowest BCUT2D eigenvalue weighted by molar-refractivity contribution is 0.179. The number of aromatic nitrogens is 2. The largest absolute Gasteiger partial charge is 0.495 e. The molecule has 3 aromatic carbocycles. The summed E-state index contributed by atoms with van der Waals surface area (Å²) in [5, 5.41) is 3.55. The van der Waals surface area contributed by atoms with Gasteiger partial charge in [0.05, 0.1) is 29.7 Å². The number of fused-ring (bicyclic) bond motifs is 1. The fourth-order valence-corrected chi connectivity index (χ4v) is 4.61. The molecule has 1 unspecified atom stereocenters. The van der Waals surface area contributed by atoms with Crippen LogP contribution < -0.4 is 15.6 Å². The number of urea groups is 1. The third-order valence-electron chi connectivity index (χ3n) is 6.48. The molecule has 0 spiro atoms. The van der Waals surface area contributed by atoms with E-state index < -0.39 is 6.04 Å². The summed E-state index contributed by atoms with van der Waals surface area (Å²) >= 11 is 0. The Morgan fingerprint density at radius 2 is 1.68 bits per heavy atom. The van der Waals surface area contributed by atoms with Crippen LogP contribution in [0.4, 0.5) is 10.5 Å². The van der Waals surface area contributed by atoms with E-state index in [1.165, 1.54) is 0 Å². The first-order valence-electron chi connectivity index (χ1n) is 12.9. The molecule has 0 fully saturated rings. The van der Waals surface area contributed by atoms with Gasteiger partial charge in [0.25, 0.3) is 5.56 Å². The van der Waals surface area contributed by atoms with Crippen LogP contribution in [0.15, 0.2) is 83.7 Å². The average Bonchev–Trinajstić information content (AvgIpc) is 2.93. The van der Waals surface area contributed by atoms with E-state index >= 15 is 0 Å². The van der Waals surface area contributed by atoms with E-state index in [0.29, 0.717) is 41.1 Å². The minimum absolute atomic E-state index is 0.194. The van der Waals surface area contributed by atoms with Gasteiger partial charge in [0, 0.05) is 12.2 Å². The molecule has 0 bridgehead atoms. The first kappa shape index (κ1) is 25.9. The second-order valence-corrected chi connectivity index (χ2v) is 8.92. The van der Waals surface area contributed by atoms with Crippen LogP contribution in [0.2, 0.25) is 0 Å². The summed E-state index contributed by atoms with van der Waals surface area (Å²) in [4.78, 5) is 34.4. The van der Waals surface area contributed by atoms with Crippen LogP contribution in [0.3, 0.4) is 0 Å². The summed E-state index contributed by atoms with van der Waals surface area (Å²) in [5.74, 6) is 1.07. The molecule has 4 rings (SSSR count). The van der Waals surface area contributed by atoms with Crippen molar-refractivity contribution in [3.63, 3.8) is 0 Å². The zero-order valence-electron chi connectivity index (χ0n) is 21.7. The number of ether oxygens (including phenoxy) is 1. The summed E-state index contributed by atoms with van der Waals surface area (Å²) in [6.07, 6.45) is 3.46. The van der Waals surface area contributed by atoms with Gasteiger partial charge in [0.2, 0.25) is 0 Å². The van der Waals surface area contributed by atoms with Crippen molar-refractivity contribution in [3.8, 4) is 11.4 Å². The van der Waals surface area contributed by atoms with Crippen molar-refractivity contribution in [1.29, 1.82) is 0 Å². The molecule has 7 heteroatoms. The lowest BCUT2D eigenvalue weighted by Crippen LogP contribution is -2.41. The van der Waals surface area contributed by atoms with Gasteiger partial charge in [0.15, 0.2) is 0 Å². The van der Waals surface area contributed by atoms with E-state index in [-0.39, 0.29) is 11.6 Å². The fourth-order valence-electron chi connectivity index (χ4n) is 4.61. The number of anilines is 1. The Hall–Kier alpha value is -4.13. The molecule has 1 N–H and O–H groups in total. The Labute approximate surface area is 217 Å². The average molecular weight is 499 g/mol. The van der Waals surface area contributed by atoms with Crippen molar-refractivity contribution in [2.45, 2.75) is 45.6 Å². The Balaban J connectivity index is 1.89. The monoisotopic (exact) mass is 498 g/mol. The smallest absolute Gasteiger partial charge is 0.322 e. The maximum atomic E-state index is 13.9. The predicted molar refractivity (Wildman–Crippen MR) is 149 cm³/mol. The molecule has 0 aliphatic heterocycles. The summed E-state index contributed by atoms with van der Waals surface area (Å²) < 4.78 is 7.23. The summed E-state index contributed by atoms with van der Waals surface area (Å²) in [5.41, 5.74) is 1.72. The van der Waals surface area contributed by atoms with E-state index in [9.17, 15) is 9.59 Å². The van der Waals surface area contributed by atoms with Gasteiger partial charge in [-0.2, -0.15) is 0 Å². The van der Waals surface area contributed by atoms with Gasteiger partial charge < -0.3 is 15.0 Å². The van der Waals surface area contributed by atoms with Crippen LogP contribution in [-0.4, -0.2) is 34.1 Å². The number of rotatable bonds is 10. The number of unbranched alkanes of at least 4 members (excludes halogenated alkanes) is 2. The molecule has 37 heavy (non-hydrogen) atoms. The van der Waals surface area contributed by atoms with Crippen molar-refractivity contribution in [2.75, 3.05) is 19.0 Å². The number of nitrogens with one attached hydrogen (secondary N) is 1. The second kappa shape index (κ2) is 12.2. The van der Waals surface area contributed by atoms with Crippen molar-refractivity contribution >= 4 is 22.6 Å². The van der Waals surface area contributed by atoms with Gasteiger partial charge in [0.1, 0.15) is 11.6 Å². The lowest BCUT2D eigenvalue weighted by Gasteiger charge is -2.32. The Morgan fingerprint density at radius 3 is 2.41 bits per heavy atom. The van der Waals surface area contributed by atoms with Crippen LogP contribution in [0, 0.1) is 0 Å². The summed E-state index contributed by atoms with van der Waals surface area (Å²) in [6.45, 7) is 4.69. The molecule has 0 saturated carbocycles. The number of carbonyl (C=O) groups excluding carboxylic acids is 1. The van der Waals surface area contributed by atoms with Crippen molar-refractivity contribution in [3.05, 3.63) is 95.0 Å². The van der Waals surface area contributed by atoms with Gasteiger partial charge in [-0.15, -0.1) is 0 Å². The molecule has 1 aromatic heterocycles. The van der Waals surface area contributed by atoms with Crippen LogP contribution >= 0.6 is 0 Å². The Kier molecular flexibility index (Phi) is 8.56. The topological polar surface area (TPSA) is 76.5 Å². The highest BCUT2D eigenvalue weighted by molar-refractivity contribution is 5.89. The molecular weight excluding hydrogens is 464 g/mol. The molecule has 1 atom stereocenters. The quantitative estimate of drug-likeness (QED) is 0.251. The fraction of sp³-hybridized carbons (Fsp3) is 0.300. The lowest BCUT2D eigenvalue weighted by atomic mass is 10.1. The van der Waals surface area contributed by atoms with Gasteiger partial charge >= 0.3 is 6.03 Å². The number of methoxy groups -OCH3 is 1. The number of hydrogen-bond donors (Lipinski definition) is 1. The van der Waals surface area contributed by atoms with Crippen LogP contribution in [0.25, 0.3) is 16.6 Å². The van der Waals surface area contributed by atoms with Crippen molar-refractivity contribution in [2.24, 2.45) is 0 Å². The van der Waals surface area contributed by atoms with Crippen molar-refractivity contribution in [1.82, 2.24) is 14.5 Å². The summed E-state index contributed by atoms with van der Waals surface area (Å²) in [7, 11) is 1.58. The molecule has 0 aliphatic rings. The SMILES string of the molecule is CCCCCN(C(=O)Nc1ccccc1)C(CC)c1nc2ccccc2c(=O)n1-c1ccccc1OC. The first-order valence-corrected chi connectivity index (χ1v) is 12.9. The molecule has 4 aromatic rings. The van der Waals surface area contributed by atoms with Crippen molar-refractivity contribution < 1.29 is 9.53 Å². The highest BCUT2D eigenvalue weighted by Crippen LogP contribution is 2.30. The molecule has 1 heterocycles. The molecule has 7 nitrogen and oxygen atoms in total. The highest BCUT2D eigenvalue weighted by Gasteiger charge is 2.29. The molecule has 0 radical (unpaired) electrons. The van der Waals surface area contributed by atoms with Crippen LogP contribution in [0.1, 0.15) is 51.4 Å². The number of hydrogen-bond acceptors (Lipinski definition) is 4. The van der Waals surface area contributed by atoms with E-state index in [0.717, 1.165) is 24.9 Å². The third kappa shape index (κ3) is 5.66. The minimum Gasteiger partial charge on any atom is -0.495 e. The van der Waals surface area contributed by atoms with Gasteiger partial charge in [-0.3, -0.25) is 9.36 Å². The molecule has 0 saturated heterocycles. The zero-order chi connectivity index (χ0) is 26.2. The Bertz CT molecular complexity index is 1400. The van der Waals surface area contributed by atoms with Gasteiger partial charge in [-0.25, -0.2) is 9.78 Å². The minimum atomic E-state index is -0.442. The van der Waals surface area contributed by atoms with E-state index in [1.54, 1.807) is 17.7 Å². The molecule has 2 amide bonds. The Morgan fingerprint density at radius 1 is 0.973 bits per heavy atom. The zero-order valence-corrected chi connectivity index (χ0v) is 21.7.